The molecule has 0 aliphatic carbocycles. The van der Waals surface area contributed by atoms with Crippen LogP contribution in [0, 0.1) is 10.8 Å². The highest BCUT2D eigenvalue weighted by molar-refractivity contribution is 6.12. The number of hydrogen-bond donors (Lipinski definition) is 0. The molecule has 0 spiro atoms. The van der Waals surface area contributed by atoms with E-state index in [0.29, 0.717) is 5.56 Å². The van der Waals surface area contributed by atoms with E-state index in [1.54, 1.807) is 26.0 Å². The maximum absolute atomic E-state index is 13.4. The summed E-state index contributed by atoms with van der Waals surface area (Å²) in [6.07, 6.45) is 0.0216. The number of rotatable bonds is 5. The molecule has 2 atom stereocenters. The van der Waals surface area contributed by atoms with Crippen LogP contribution >= 0.6 is 0 Å². The van der Waals surface area contributed by atoms with E-state index in [4.69, 9.17) is 4.74 Å². The van der Waals surface area contributed by atoms with Crippen LogP contribution in [0.25, 0.3) is 0 Å². The first-order valence-corrected chi connectivity index (χ1v) is 9.63. The smallest absolute Gasteiger partial charge is 0.320 e. The number of ether oxygens (including phenoxy) is 1. The van der Waals surface area contributed by atoms with Crippen molar-refractivity contribution < 1.29 is 19.1 Å². The van der Waals surface area contributed by atoms with Gasteiger partial charge in [-0.05, 0) is 38.3 Å². The third-order valence-corrected chi connectivity index (χ3v) is 5.72. The minimum atomic E-state index is -1.49. The van der Waals surface area contributed by atoms with Gasteiger partial charge in [0.1, 0.15) is 11.5 Å². The molecule has 2 unspecified atom stereocenters. The van der Waals surface area contributed by atoms with Crippen molar-refractivity contribution in [2.45, 2.75) is 46.6 Å². The second-order valence-electron chi connectivity index (χ2n) is 8.23. The van der Waals surface area contributed by atoms with Crippen LogP contribution in [0.2, 0.25) is 0 Å². The summed E-state index contributed by atoms with van der Waals surface area (Å²) in [4.78, 5) is 39.1. The number of ketones is 2. The fourth-order valence-corrected chi connectivity index (χ4v) is 3.92. The Morgan fingerprint density at radius 3 is 2.14 bits per heavy atom. The molecular formula is C24H26O4. The van der Waals surface area contributed by atoms with Crippen LogP contribution in [0.1, 0.15) is 61.7 Å². The molecule has 2 aromatic rings. The summed E-state index contributed by atoms with van der Waals surface area (Å²) in [5.74, 6) is -1.13. The number of Topliss-reactive ketones (excluding diaryl/α,β-unsaturated/α-hetero) is 2. The largest absolute Gasteiger partial charge is 0.456 e. The average molecular weight is 378 g/mol. The van der Waals surface area contributed by atoms with Crippen LogP contribution in [-0.2, 0) is 20.7 Å². The number of carbonyl (C=O) groups excluding carboxylic acids is 3. The van der Waals surface area contributed by atoms with Gasteiger partial charge in [-0.1, -0.05) is 61.5 Å². The van der Waals surface area contributed by atoms with Crippen molar-refractivity contribution >= 4 is 17.5 Å². The molecule has 4 heteroatoms. The van der Waals surface area contributed by atoms with Gasteiger partial charge in [-0.2, -0.15) is 0 Å². The maximum Gasteiger partial charge on any atom is 0.320 e. The molecular weight excluding hydrogens is 352 g/mol. The summed E-state index contributed by atoms with van der Waals surface area (Å²) in [6.45, 7) is 7.12. The number of esters is 1. The van der Waals surface area contributed by atoms with Crippen LogP contribution < -0.4 is 0 Å². The Bertz CT molecular complexity index is 896. The highest BCUT2D eigenvalue weighted by Gasteiger charge is 2.58. The summed E-state index contributed by atoms with van der Waals surface area (Å²) in [5, 5.41) is 0. The topological polar surface area (TPSA) is 60.4 Å². The monoisotopic (exact) mass is 378 g/mol. The zero-order valence-electron chi connectivity index (χ0n) is 16.8. The van der Waals surface area contributed by atoms with E-state index in [-0.39, 0.29) is 18.0 Å². The SMILES string of the molecule is CCc1ccc(C(=O)CC2(C)C(=O)OC(c3ccccc3)C(C)(C)C2=O)cc1. The lowest BCUT2D eigenvalue weighted by atomic mass is 9.64. The predicted octanol–water partition coefficient (Wildman–Crippen LogP) is 4.72. The normalized spacial score (nSPS) is 23.9. The molecule has 0 amide bonds. The van der Waals surface area contributed by atoms with Crippen LogP contribution in [0.4, 0.5) is 0 Å². The van der Waals surface area contributed by atoms with Crippen molar-refractivity contribution in [3.05, 3.63) is 71.3 Å². The van der Waals surface area contributed by atoms with Crippen LogP contribution in [-0.4, -0.2) is 17.5 Å². The minimum Gasteiger partial charge on any atom is -0.456 e. The van der Waals surface area contributed by atoms with E-state index in [2.05, 4.69) is 0 Å². The minimum absolute atomic E-state index is 0.193. The summed E-state index contributed by atoms with van der Waals surface area (Å²) in [7, 11) is 0. The Hall–Kier alpha value is -2.75. The second kappa shape index (κ2) is 7.34. The predicted molar refractivity (Wildman–Crippen MR) is 107 cm³/mol. The van der Waals surface area contributed by atoms with E-state index < -0.39 is 22.9 Å². The first-order valence-electron chi connectivity index (χ1n) is 9.63. The Kier molecular flexibility index (Phi) is 5.24. The zero-order valence-corrected chi connectivity index (χ0v) is 16.8. The van der Waals surface area contributed by atoms with E-state index >= 15 is 0 Å². The van der Waals surface area contributed by atoms with Gasteiger partial charge >= 0.3 is 5.97 Å². The van der Waals surface area contributed by atoms with Gasteiger partial charge in [-0.25, -0.2) is 0 Å². The highest BCUT2D eigenvalue weighted by Crippen LogP contribution is 2.49. The highest BCUT2D eigenvalue weighted by atomic mass is 16.5. The van der Waals surface area contributed by atoms with Gasteiger partial charge in [0.2, 0.25) is 0 Å². The van der Waals surface area contributed by atoms with Crippen LogP contribution in [0.15, 0.2) is 54.6 Å². The molecule has 0 bridgehead atoms. The molecule has 0 aromatic heterocycles. The lowest BCUT2D eigenvalue weighted by molar-refractivity contribution is -0.187. The number of carbonyl (C=O) groups is 3. The number of benzene rings is 2. The van der Waals surface area contributed by atoms with E-state index in [1.807, 2.05) is 49.4 Å². The Balaban J connectivity index is 1.88. The number of cyclic esters (lactones) is 1. The van der Waals surface area contributed by atoms with Crippen LogP contribution in [0.5, 0.6) is 0 Å². The fourth-order valence-electron chi connectivity index (χ4n) is 3.92. The van der Waals surface area contributed by atoms with Gasteiger partial charge in [0.25, 0.3) is 0 Å². The molecule has 0 saturated carbocycles. The van der Waals surface area contributed by atoms with E-state index in [0.717, 1.165) is 17.5 Å². The van der Waals surface area contributed by atoms with Gasteiger partial charge in [-0.3, -0.25) is 14.4 Å². The molecule has 0 radical (unpaired) electrons. The first-order chi connectivity index (χ1) is 13.2. The summed E-state index contributed by atoms with van der Waals surface area (Å²) >= 11 is 0. The van der Waals surface area contributed by atoms with Gasteiger partial charge in [-0.15, -0.1) is 0 Å². The summed E-state index contributed by atoms with van der Waals surface area (Å²) in [5.41, 5.74) is -0.0199. The first kappa shape index (κ1) is 20.0. The molecule has 4 nitrogen and oxygen atoms in total. The lowest BCUT2D eigenvalue weighted by Gasteiger charge is -2.44. The van der Waals surface area contributed by atoms with Gasteiger partial charge < -0.3 is 4.74 Å². The Morgan fingerprint density at radius 1 is 0.964 bits per heavy atom. The van der Waals surface area contributed by atoms with E-state index in [1.165, 1.54) is 6.92 Å². The summed E-state index contributed by atoms with van der Waals surface area (Å²) in [6, 6.07) is 16.5. The zero-order chi connectivity index (χ0) is 20.5. The number of hydrogen-bond acceptors (Lipinski definition) is 4. The third-order valence-electron chi connectivity index (χ3n) is 5.72. The standard InChI is InChI=1S/C24H26O4/c1-5-16-11-13-17(14-12-16)19(25)15-24(4)21(26)23(2,3)20(28-22(24)27)18-9-7-6-8-10-18/h6-14,20H,5,15H2,1-4H3. The van der Waals surface area contributed by atoms with Crippen molar-refractivity contribution in [1.29, 1.82) is 0 Å². The Labute approximate surface area is 165 Å². The van der Waals surface area contributed by atoms with Gasteiger partial charge in [0.05, 0.1) is 5.41 Å². The van der Waals surface area contributed by atoms with Crippen molar-refractivity contribution in [3.63, 3.8) is 0 Å². The molecule has 1 heterocycles. The molecule has 0 N–H and O–H groups in total. The van der Waals surface area contributed by atoms with Crippen molar-refractivity contribution in [2.75, 3.05) is 0 Å². The third kappa shape index (κ3) is 3.39. The average Bonchev–Trinajstić information content (AvgIpc) is 2.70. The maximum atomic E-state index is 13.4. The molecule has 1 saturated heterocycles. The quantitative estimate of drug-likeness (QED) is 0.429. The fraction of sp³-hybridized carbons (Fsp3) is 0.375. The van der Waals surface area contributed by atoms with Gasteiger partial charge in [0, 0.05) is 12.0 Å². The number of aryl methyl sites for hydroxylation is 1. The molecule has 1 fully saturated rings. The molecule has 1 aliphatic heterocycles. The van der Waals surface area contributed by atoms with E-state index in [9.17, 15) is 14.4 Å². The molecule has 28 heavy (non-hydrogen) atoms. The molecule has 1 aliphatic rings. The molecule has 3 rings (SSSR count). The second-order valence-corrected chi connectivity index (χ2v) is 8.23. The molecule has 146 valence electrons. The Morgan fingerprint density at radius 2 is 1.57 bits per heavy atom. The van der Waals surface area contributed by atoms with Crippen molar-refractivity contribution in [3.8, 4) is 0 Å². The van der Waals surface area contributed by atoms with Gasteiger partial charge in [0.15, 0.2) is 11.6 Å². The van der Waals surface area contributed by atoms with Crippen molar-refractivity contribution in [2.24, 2.45) is 10.8 Å². The summed E-state index contributed by atoms with van der Waals surface area (Å²) < 4.78 is 5.73. The van der Waals surface area contributed by atoms with Crippen LogP contribution in [0.3, 0.4) is 0 Å². The van der Waals surface area contributed by atoms with Crippen molar-refractivity contribution in [1.82, 2.24) is 0 Å². The molecule has 2 aromatic carbocycles. The lowest BCUT2D eigenvalue weighted by Crippen LogP contribution is -2.54.